The fourth-order valence-electron chi connectivity index (χ4n) is 2.04. The van der Waals surface area contributed by atoms with E-state index in [1.54, 1.807) is 18.2 Å². The first-order chi connectivity index (χ1) is 12.4. The van der Waals surface area contributed by atoms with Crippen LogP contribution in [0.25, 0.3) is 0 Å². The van der Waals surface area contributed by atoms with Crippen LogP contribution >= 0.6 is 11.8 Å². The maximum atomic E-state index is 12.1. The van der Waals surface area contributed by atoms with Gasteiger partial charge in [0.05, 0.1) is 12.0 Å². The summed E-state index contributed by atoms with van der Waals surface area (Å²) in [7, 11) is 1.44. The summed E-state index contributed by atoms with van der Waals surface area (Å²) in [6.07, 6.45) is 1.90. The highest BCUT2D eigenvalue weighted by Gasteiger charge is 2.16. The van der Waals surface area contributed by atoms with E-state index < -0.39 is 23.4 Å². The van der Waals surface area contributed by atoms with Gasteiger partial charge in [-0.25, -0.2) is 4.79 Å². The van der Waals surface area contributed by atoms with Crippen LogP contribution in [0.5, 0.6) is 5.75 Å². The van der Waals surface area contributed by atoms with Gasteiger partial charge in [0.1, 0.15) is 11.3 Å². The number of thioether (sulfide) groups is 1. The molecule has 0 unspecified atom stereocenters. The second-order valence-corrected chi connectivity index (χ2v) is 5.87. The summed E-state index contributed by atoms with van der Waals surface area (Å²) in [5, 5.41) is 13.1. The highest BCUT2D eigenvalue weighted by atomic mass is 32.2. The van der Waals surface area contributed by atoms with Gasteiger partial charge in [0.25, 0.3) is 11.6 Å². The summed E-state index contributed by atoms with van der Waals surface area (Å²) in [5.74, 6) is -0.891. The molecule has 26 heavy (non-hydrogen) atoms. The molecule has 136 valence electrons. The number of rotatable bonds is 7. The molecule has 2 aromatic rings. The van der Waals surface area contributed by atoms with Gasteiger partial charge < -0.3 is 14.8 Å². The quantitative estimate of drug-likeness (QED) is 0.342. The van der Waals surface area contributed by atoms with Crippen molar-refractivity contribution in [1.29, 1.82) is 0 Å². The Morgan fingerprint density at radius 2 is 1.88 bits per heavy atom. The Morgan fingerprint density at radius 1 is 1.19 bits per heavy atom. The molecular formula is C17H16N2O6S. The Labute approximate surface area is 153 Å². The lowest BCUT2D eigenvalue weighted by Gasteiger charge is -2.10. The number of nitrogens with zero attached hydrogens (tertiary/aromatic N) is 1. The van der Waals surface area contributed by atoms with Gasteiger partial charge in [-0.3, -0.25) is 14.9 Å². The van der Waals surface area contributed by atoms with Crippen LogP contribution in [0.4, 0.5) is 11.4 Å². The molecule has 0 spiro atoms. The lowest BCUT2D eigenvalue weighted by atomic mass is 10.2. The highest BCUT2D eigenvalue weighted by Crippen LogP contribution is 2.26. The number of nitro groups is 1. The van der Waals surface area contributed by atoms with Crippen molar-refractivity contribution in [2.24, 2.45) is 0 Å². The largest absolute Gasteiger partial charge is 0.496 e. The summed E-state index contributed by atoms with van der Waals surface area (Å²) in [6.45, 7) is -0.497. The smallest absolute Gasteiger partial charge is 0.342 e. The van der Waals surface area contributed by atoms with Crippen LogP contribution in [0.1, 0.15) is 10.4 Å². The predicted octanol–water partition coefficient (Wildman–Crippen LogP) is 3.12. The van der Waals surface area contributed by atoms with Gasteiger partial charge >= 0.3 is 5.97 Å². The third kappa shape index (κ3) is 4.96. The minimum Gasteiger partial charge on any atom is -0.496 e. The second-order valence-electron chi connectivity index (χ2n) is 4.99. The van der Waals surface area contributed by atoms with E-state index in [0.717, 1.165) is 4.90 Å². The Kier molecular flexibility index (Phi) is 6.56. The molecule has 0 aliphatic heterocycles. The van der Waals surface area contributed by atoms with Gasteiger partial charge in [-0.15, -0.1) is 11.8 Å². The van der Waals surface area contributed by atoms with Crippen molar-refractivity contribution in [3.63, 3.8) is 0 Å². The monoisotopic (exact) mass is 376 g/mol. The Balaban J connectivity index is 1.94. The molecule has 0 aliphatic carbocycles. The van der Waals surface area contributed by atoms with Crippen LogP contribution in [0, 0.1) is 10.1 Å². The van der Waals surface area contributed by atoms with Crippen molar-refractivity contribution < 1.29 is 24.0 Å². The van der Waals surface area contributed by atoms with Gasteiger partial charge in [0, 0.05) is 22.7 Å². The number of hydrogen-bond donors (Lipinski definition) is 1. The van der Waals surface area contributed by atoms with E-state index in [9.17, 15) is 19.7 Å². The predicted molar refractivity (Wildman–Crippen MR) is 96.8 cm³/mol. The number of hydrogen-bond acceptors (Lipinski definition) is 7. The van der Waals surface area contributed by atoms with Crippen LogP contribution in [0.2, 0.25) is 0 Å². The molecule has 0 aliphatic rings. The molecule has 0 radical (unpaired) electrons. The number of non-ortho nitro benzene ring substituents is 1. The number of benzene rings is 2. The molecule has 0 bridgehead atoms. The van der Waals surface area contributed by atoms with E-state index in [2.05, 4.69) is 5.32 Å². The fraction of sp³-hybridized carbons (Fsp3) is 0.176. The molecule has 0 heterocycles. The maximum Gasteiger partial charge on any atom is 0.342 e. The van der Waals surface area contributed by atoms with Crippen molar-refractivity contribution in [1.82, 2.24) is 0 Å². The minimum absolute atomic E-state index is 0.0878. The highest BCUT2D eigenvalue weighted by molar-refractivity contribution is 7.98. The Morgan fingerprint density at radius 3 is 2.46 bits per heavy atom. The molecule has 0 saturated heterocycles. The van der Waals surface area contributed by atoms with Crippen molar-refractivity contribution in [3.05, 3.63) is 58.1 Å². The number of nitrogens with one attached hydrogen (secondary N) is 1. The van der Waals surface area contributed by atoms with Crippen molar-refractivity contribution in [2.45, 2.75) is 4.90 Å². The van der Waals surface area contributed by atoms with Crippen LogP contribution < -0.4 is 10.1 Å². The van der Waals surface area contributed by atoms with Crippen molar-refractivity contribution >= 4 is 35.0 Å². The number of carbonyl (C=O) groups is 2. The first-order valence-corrected chi connectivity index (χ1v) is 8.60. The normalized spacial score (nSPS) is 10.1. The van der Waals surface area contributed by atoms with Crippen LogP contribution in [-0.2, 0) is 9.53 Å². The van der Waals surface area contributed by atoms with Crippen molar-refractivity contribution in [3.8, 4) is 5.75 Å². The number of nitro benzene ring substituents is 1. The van der Waals surface area contributed by atoms with Gasteiger partial charge in [-0.2, -0.15) is 0 Å². The van der Waals surface area contributed by atoms with E-state index in [1.807, 2.05) is 6.26 Å². The standard InChI is InChI=1S/C17H16N2O6S/c1-24-15-9-13(26-2)7-8-14(15)17(21)25-10-16(20)18-11-3-5-12(6-4-11)19(22)23/h3-9H,10H2,1-2H3,(H,18,20). The topological polar surface area (TPSA) is 108 Å². The molecule has 9 heteroatoms. The van der Waals surface area contributed by atoms with E-state index in [4.69, 9.17) is 9.47 Å². The summed E-state index contributed by atoms with van der Waals surface area (Å²) < 4.78 is 10.2. The number of methoxy groups -OCH3 is 1. The maximum absolute atomic E-state index is 12.1. The molecule has 1 N–H and O–H groups in total. The van der Waals surface area contributed by atoms with E-state index in [-0.39, 0.29) is 11.3 Å². The summed E-state index contributed by atoms with van der Waals surface area (Å²) in [6, 6.07) is 10.3. The number of amides is 1. The molecule has 2 rings (SSSR count). The van der Waals surface area contributed by atoms with E-state index in [0.29, 0.717) is 11.4 Å². The molecule has 0 atom stereocenters. The first-order valence-electron chi connectivity index (χ1n) is 7.38. The van der Waals surface area contributed by atoms with Gasteiger partial charge in [0.15, 0.2) is 6.61 Å². The molecule has 8 nitrogen and oxygen atoms in total. The third-order valence-corrected chi connectivity index (χ3v) is 4.05. The second kappa shape index (κ2) is 8.86. The zero-order valence-corrected chi connectivity index (χ0v) is 14.9. The van der Waals surface area contributed by atoms with E-state index >= 15 is 0 Å². The first kappa shape index (κ1) is 19.3. The van der Waals surface area contributed by atoms with E-state index in [1.165, 1.54) is 43.1 Å². The van der Waals surface area contributed by atoms with Crippen molar-refractivity contribution in [2.75, 3.05) is 25.3 Å². The van der Waals surface area contributed by atoms with Gasteiger partial charge in [-0.1, -0.05) is 0 Å². The molecule has 0 fully saturated rings. The Hall–Kier alpha value is -3.07. The summed E-state index contributed by atoms with van der Waals surface area (Å²) in [4.78, 5) is 35.0. The molecule has 2 aromatic carbocycles. The Bertz CT molecular complexity index is 823. The summed E-state index contributed by atoms with van der Waals surface area (Å²) in [5.41, 5.74) is 0.488. The average Bonchev–Trinajstić information content (AvgIpc) is 2.65. The summed E-state index contributed by atoms with van der Waals surface area (Å²) >= 11 is 1.50. The number of anilines is 1. The molecule has 0 aromatic heterocycles. The SMILES string of the molecule is COc1cc(SC)ccc1C(=O)OCC(=O)Nc1ccc([N+](=O)[O-])cc1. The van der Waals surface area contributed by atoms with Crippen LogP contribution in [0.15, 0.2) is 47.4 Å². The van der Waals surface area contributed by atoms with Gasteiger partial charge in [0.2, 0.25) is 0 Å². The number of esters is 1. The fourth-order valence-corrected chi connectivity index (χ4v) is 2.47. The van der Waals surface area contributed by atoms with Crippen LogP contribution in [-0.4, -0.2) is 36.8 Å². The lowest BCUT2D eigenvalue weighted by Crippen LogP contribution is -2.21. The van der Waals surface area contributed by atoms with Gasteiger partial charge in [-0.05, 0) is 36.6 Å². The zero-order valence-electron chi connectivity index (χ0n) is 14.1. The molecule has 1 amide bonds. The average molecular weight is 376 g/mol. The zero-order chi connectivity index (χ0) is 19.1. The number of ether oxygens (including phenoxy) is 2. The minimum atomic E-state index is -0.687. The molecule has 0 saturated carbocycles. The number of carbonyl (C=O) groups excluding carboxylic acids is 2. The lowest BCUT2D eigenvalue weighted by molar-refractivity contribution is -0.384. The van der Waals surface area contributed by atoms with Crippen LogP contribution in [0.3, 0.4) is 0 Å². The molecular weight excluding hydrogens is 360 g/mol. The third-order valence-electron chi connectivity index (χ3n) is 3.32.